The Bertz CT molecular complexity index is 2020. The normalized spacial score (nSPS) is 18.8. The largest absolute Gasteiger partial charge is 0.399 e. The molecule has 13 nitrogen and oxygen atoms in total. The zero-order valence-electron chi connectivity index (χ0n) is 26.9. The van der Waals surface area contributed by atoms with E-state index in [4.69, 9.17) is 14.5 Å². The lowest BCUT2D eigenvalue weighted by molar-refractivity contribution is -0.384. The van der Waals surface area contributed by atoms with E-state index in [0.717, 1.165) is 29.0 Å². The van der Waals surface area contributed by atoms with Gasteiger partial charge in [0.25, 0.3) is 11.6 Å². The minimum absolute atomic E-state index is 0.0211. The van der Waals surface area contributed by atoms with Crippen LogP contribution in [0, 0.1) is 10.1 Å². The maximum Gasteiger partial charge on any atom is 0.399 e. The van der Waals surface area contributed by atoms with Gasteiger partial charge in [-0.2, -0.15) is 8.78 Å². The Kier molecular flexibility index (Phi) is 10.3. The van der Waals surface area contributed by atoms with Gasteiger partial charge in [0.1, 0.15) is 18.2 Å². The molecule has 0 unspecified atom stereocenters. The van der Waals surface area contributed by atoms with Crippen molar-refractivity contribution in [2.45, 2.75) is 43.1 Å². The third kappa shape index (κ3) is 7.70. The number of nitro benzene ring substituents is 1. The van der Waals surface area contributed by atoms with E-state index >= 15 is 0 Å². The van der Waals surface area contributed by atoms with Gasteiger partial charge in [0.2, 0.25) is 11.8 Å². The van der Waals surface area contributed by atoms with Crippen LogP contribution in [0.5, 0.6) is 0 Å². The summed E-state index contributed by atoms with van der Waals surface area (Å²) in [5, 5.41) is 14.3. The minimum Gasteiger partial charge on any atom is -0.370 e. The first-order valence-corrected chi connectivity index (χ1v) is 18.4. The first kappa shape index (κ1) is 36.2. The van der Waals surface area contributed by atoms with E-state index in [0.29, 0.717) is 42.8 Å². The summed E-state index contributed by atoms with van der Waals surface area (Å²) in [7, 11) is -5.83. The number of nitrogens with one attached hydrogen (secondary N) is 1. The number of hydrogen-bond acceptors (Lipinski definition) is 8. The number of ether oxygens (including phenoxy) is 1. The van der Waals surface area contributed by atoms with Gasteiger partial charge in [0.05, 0.1) is 23.0 Å². The molecular weight excluding hydrogens is 709 g/mol. The van der Waals surface area contributed by atoms with Gasteiger partial charge < -0.3 is 29.6 Å². The number of morpholine rings is 1. The number of likely N-dealkylation sites (tertiary alicyclic amines) is 1. The summed E-state index contributed by atoms with van der Waals surface area (Å²) >= 11 is 0.916. The van der Waals surface area contributed by atoms with Crippen LogP contribution in [0.1, 0.15) is 45.3 Å². The van der Waals surface area contributed by atoms with E-state index in [9.17, 15) is 37.8 Å². The number of nitro groups is 1. The molecule has 3 aromatic carbocycles. The topological polar surface area (TPSA) is 180 Å². The van der Waals surface area contributed by atoms with Crippen LogP contribution in [0.3, 0.4) is 0 Å². The van der Waals surface area contributed by atoms with Crippen molar-refractivity contribution in [3.63, 3.8) is 0 Å². The first-order valence-electron chi connectivity index (χ1n) is 16.0. The average Bonchev–Trinajstić information content (AvgIpc) is 3.78. The number of alkyl halides is 2. The zero-order valence-corrected chi connectivity index (χ0v) is 28.6. The summed E-state index contributed by atoms with van der Waals surface area (Å²) in [6, 6.07) is 17.3. The Balaban J connectivity index is 1.25. The molecule has 6 rings (SSSR count). The van der Waals surface area contributed by atoms with Gasteiger partial charge in [0.15, 0.2) is 0 Å². The lowest BCUT2D eigenvalue weighted by atomic mass is 10.0. The number of thiophene rings is 1. The first-order chi connectivity index (χ1) is 24.2. The third-order valence-corrected chi connectivity index (χ3v) is 11.1. The molecule has 2 fully saturated rings. The monoisotopic (exact) mass is 742 g/mol. The summed E-state index contributed by atoms with van der Waals surface area (Å²) in [5.41, 5.74) is -4.29. The summed E-state index contributed by atoms with van der Waals surface area (Å²) in [4.78, 5) is 74.1. The fourth-order valence-corrected chi connectivity index (χ4v) is 7.81. The molecule has 268 valence electrons. The summed E-state index contributed by atoms with van der Waals surface area (Å²) < 4.78 is 46.5. The van der Waals surface area contributed by atoms with E-state index in [-0.39, 0.29) is 40.9 Å². The predicted octanol–water partition coefficient (Wildman–Crippen LogP) is 4.97. The van der Waals surface area contributed by atoms with Crippen LogP contribution in [0.2, 0.25) is 0 Å². The number of hydrogen-bond donors (Lipinski definition) is 3. The fraction of sp³-hybridized carbons (Fsp3) is 0.324. The molecule has 3 atom stereocenters. The van der Waals surface area contributed by atoms with Crippen molar-refractivity contribution < 1.29 is 47.2 Å². The molecule has 3 amide bonds. The molecule has 4 aromatic rings. The molecule has 0 spiro atoms. The molecule has 3 heterocycles. The van der Waals surface area contributed by atoms with Crippen LogP contribution in [0.15, 0.2) is 78.9 Å². The quantitative estimate of drug-likeness (QED) is 0.115. The lowest BCUT2D eigenvalue weighted by Crippen LogP contribution is -2.56. The number of amides is 3. The average molecular weight is 743 g/mol. The molecule has 2 saturated heterocycles. The van der Waals surface area contributed by atoms with E-state index in [1.54, 1.807) is 11.0 Å². The van der Waals surface area contributed by atoms with Crippen molar-refractivity contribution in [3.05, 3.63) is 111 Å². The highest BCUT2D eigenvalue weighted by molar-refractivity contribution is 7.52. The van der Waals surface area contributed by atoms with Gasteiger partial charge in [-0.1, -0.05) is 48.5 Å². The Labute approximate surface area is 294 Å². The van der Waals surface area contributed by atoms with E-state index in [1.807, 2.05) is 30.3 Å². The van der Waals surface area contributed by atoms with Crippen molar-refractivity contribution >= 4 is 52.4 Å². The Morgan fingerprint density at radius 3 is 2.55 bits per heavy atom. The van der Waals surface area contributed by atoms with E-state index in [2.05, 4.69) is 5.32 Å². The highest BCUT2D eigenvalue weighted by Gasteiger charge is 2.50. The molecule has 1 aromatic heterocycles. The van der Waals surface area contributed by atoms with Crippen molar-refractivity contribution in [1.29, 1.82) is 0 Å². The summed E-state index contributed by atoms with van der Waals surface area (Å²) in [6.45, 7) is 1.18. The second-order valence-electron chi connectivity index (χ2n) is 12.3. The molecule has 0 aliphatic carbocycles. The zero-order chi connectivity index (χ0) is 36.5. The Morgan fingerprint density at radius 2 is 1.82 bits per heavy atom. The number of carbonyl (C=O) groups is 3. The minimum atomic E-state index is -5.83. The summed E-state index contributed by atoms with van der Waals surface area (Å²) in [6.07, 6.45) is 0.439. The third-order valence-electron chi connectivity index (χ3n) is 8.99. The van der Waals surface area contributed by atoms with Gasteiger partial charge in [-0.15, -0.1) is 11.3 Å². The molecule has 51 heavy (non-hydrogen) atoms. The molecule has 3 N–H and O–H groups in total. The Morgan fingerprint density at radius 1 is 1.06 bits per heavy atom. The van der Waals surface area contributed by atoms with E-state index in [1.165, 1.54) is 35.2 Å². The number of nitrogens with zero attached hydrogens (tertiary/aromatic N) is 3. The lowest BCUT2D eigenvalue weighted by Gasteiger charge is -2.37. The van der Waals surface area contributed by atoms with Gasteiger partial charge in [-0.25, -0.2) is 0 Å². The van der Waals surface area contributed by atoms with Gasteiger partial charge in [-0.05, 0) is 47.6 Å². The molecule has 17 heteroatoms. The number of carbonyl (C=O) groups excluding carboxylic acids is 3. The van der Waals surface area contributed by atoms with Crippen LogP contribution in [-0.4, -0.2) is 80.6 Å². The molecule has 2 aliphatic heterocycles. The maximum atomic E-state index is 14.4. The number of fused-ring (bicyclic) bond motifs is 1. The standard InChI is InChI=1S/C34H33F2N4O9PS/c35-34(36,50(46,47)48)24-11-12-29-23(18-24)19-30(51-29)31(41)37-26(17-21-6-4-9-25(16-21)40(44)45)32(42)39-13-5-10-27(39)33(43)38-14-15-49-28(20-38)22-7-2-1-3-8-22/h1-4,6-9,11-12,16,18-19,26-28H,5,10,13-15,17,20H2,(H,37,41)(H2,46,47,48)/t26-,27-,28-/m0/s1. The highest BCUT2D eigenvalue weighted by Crippen LogP contribution is 2.59. The van der Waals surface area contributed by atoms with Gasteiger partial charge in [0, 0.05) is 41.9 Å². The molecule has 0 radical (unpaired) electrons. The van der Waals surface area contributed by atoms with Crippen molar-refractivity contribution in [2.24, 2.45) is 0 Å². The SMILES string of the molecule is O=C(N[C@@H](Cc1cccc([N+](=O)[O-])c1)C(=O)N1CCC[C@H]1C(=O)N1CCO[C@H](c2ccccc2)C1)c1cc2cc(C(F)(F)P(=O)(O)O)ccc2s1. The molecule has 2 aliphatic rings. The number of benzene rings is 3. The van der Waals surface area contributed by atoms with Crippen molar-refractivity contribution in [2.75, 3.05) is 26.2 Å². The predicted molar refractivity (Wildman–Crippen MR) is 182 cm³/mol. The maximum absolute atomic E-state index is 14.4. The number of non-ortho nitro benzene ring substituents is 1. The molecule has 0 saturated carbocycles. The summed E-state index contributed by atoms with van der Waals surface area (Å²) in [5.74, 6) is -1.56. The Hall–Kier alpha value is -4.60. The number of rotatable bonds is 10. The van der Waals surface area contributed by atoms with Gasteiger partial charge in [-0.3, -0.25) is 29.1 Å². The second-order valence-corrected chi connectivity index (χ2v) is 15.1. The smallest absolute Gasteiger partial charge is 0.370 e. The molecule has 0 bridgehead atoms. The van der Waals surface area contributed by atoms with Crippen LogP contribution in [0.25, 0.3) is 10.1 Å². The van der Waals surface area contributed by atoms with Crippen LogP contribution in [-0.2, 0) is 31.0 Å². The van der Waals surface area contributed by atoms with Crippen molar-refractivity contribution in [1.82, 2.24) is 15.1 Å². The van der Waals surface area contributed by atoms with E-state index < -0.39 is 47.6 Å². The second kappa shape index (κ2) is 14.6. The van der Waals surface area contributed by atoms with Crippen LogP contribution >= 0.6 is 18.9 Å². The highest BCUT2D eigenvalue weighted by atomic mass is 32.1. The van der Waals surface area contributed by atoms with Crippen molar-refractivity contribution in [3.8, 4) is 0 Å². The number of halogens is 2. The van der Waals surface area contributed by atoms with Crippen LogP contribution in [0.4, 0.5) is 14.5 Å². The van der Waals surface area contributed by atoms with Gasteiger partial charge >= 0.3 is 13.3 Å². The fourth-order valence-electron chi connectivity index (χ4n) is 6.39. The molecular formula is C34H33F2N4O9PS. The van der Waals surface area contributed by atoms with Crippen LogP contribution < -0.4 is 5.32 Å².